The fraction of sp³-hybridized carbons (Fsp3) is 0.357. The molecule has 0 aliphatic carbocycles. The van der Waals surface area contributed by atoms with Crippen LogP contribution in [0.25, 0.3) is 0 Å². The van der Waals surface area contributed by atoms with Gasteiger partial charge >= 0.3 is 0 Å². The number of rotatable bonds is 4. The second-order valence-corrected chi connectivity index (χ2v) is 4.84. The van der Waals surface area contributed by atoms with Crippen LogP contribution < -0.4 is 21.7 Å². The van der Waals surface area contributed by atoms with Gasteiger partial charge in [0.2, 0.25) is 0 Å². The van der Waals surface area contributed by atoms with Crippen molar-refractivity contribution in [2.45, 2.75) is 19.9 Å². The van der Waals surface area contributed by atoms with Gasteiger partial charge in [-0.2, -0.15) is 5.10 Å². The highest BCUT2D eigenvalue weighted by molar-refractivity contribution is 5.53. The third-order valence-electron chi connectivity index (χ3n) is 3.71. The Hall–Kier alpha value is -2.05. The molecule has 1 aromatic carbocycles. The van der Waals surface area contributed by atoms with Gasteiger partial charge in [-0.1, -0.05) is 12.1 Å². The molecule has 2 rings (SSSR count). The third kappa shape index (κ3) is 2.23. The van der Waals surface area contributed by atoms with Crippen molar-refractivity contribution in [2.24, 2.45) is 12.9 Å². The zero-order valence-corrected chi connectivity index (χ0v) is 12.3. The predicted molar refractivity (Wildman–Crippen MR) is 79.3 cm³/mol. The van der Waals surface area contributed by atoms with E-state index >= 15 is 0 Å². The van der Waals surface area contributed by atoms with Crippen LogP contribution in [0.4, 0.5) is 5.82 Å². The van der Waals surface area contributed by atoms with E-state index in [1.54, 1.807) is 25.0 Å². The van der Waals surface area contributed by atoms with Gasteiger partial charge in [0, 0.05) is 18.2 Å². The summed E-state index contributed by atoms with van der Waals surface area (Å²) in [6, 6.07) is 3.78. The maximum absolute atomic E-state index is 6.04. The van der Waals surface area contributed by atoms with E-state index in [-0.39, 0.29) is 6.04 Å². The van der Waals surface area contributed by atoms with Crippen LogP contribution in [0.15, 0.2) is 18.3 Å². The number of nitrogen functional groups attached to an aromatic ring is 1. The number of anilines is 1. The highest BCUT2D eigenvalue weighted by Crippen LogP contribution is 2.35. The van der Waals surface area contributed by atoms with Crippen molar-refractivity contribution < 1.29 is 4.74 Å². The van der Waals surface area contributed by atoms with Gasteiger partial charge in [0.05, 0.1) is 19.3 Å². The Bertz CT molecular complexity index is 620. The summed E-state index contributed by atoms with van der Waals surface area (Å²) in [4.78, 5) is 0. The molecule has 0 radical (unpaired) electrons. The van der Waals surface area contributed by atoms with Crippen molar-refractivity contribution >= 4 is 5.82 Å². The van der Waals surface area contributed by atoms with Crippen LogP contribution >= 0.6 is 0 Å². The number of methoxy groups -OCH3 is 1. The summed E-state index contributed by atoms with van der Waals surface area (Å²) < 4.78 is 7.16. The molecule has 2 aromatic rings. The SMILES string of the molecule is COc1c(C(NN)c2cnn(C)c2N)ccc(C)c1C. The quantitative estimate of drug-likeness (QED) is 0.576. The van der Waals surface area contributed by atoms with Gasteiger partial charge < -0.3 is 10.5 Å². The van der Waals surface area contributed by atoms with Crippen molar-refractivity contribution in [1.82, 2.24) is 15.2 Å². The maximum Gasteiger partial charge on any atom is 0.127 e. The minimum absolute atomic E-state index is 0.266. The molecule has 0 aliphatic rings. The van der Waals surface area contributed by atoms with Gasteiger partial charge in [0.25, 0.3) is 0 Å². The lowest BCUT2D eigenvalue weighted by molar-refractivity contribution is 0.401. The highest BCUT2D eigenvalue weighted by Gasteiger charge is 2.23. The first kappa shape index (κ1) is 14.4. The van der Waals surface area contributed by atoms with Crippen LogP contribution in [0.3, 0.4) is 0 Å². The second kappa shape index (κ2) is 5.52. The largest absolute Gasteiger partial charge is 0.496 e. The van der Waals surface area contributed by atoms with E-state index in [1.165, 1.54) is 5.56 Å². The van der Waals surface area contributed by atoms with Crippen LogP contribution in [0.5, 0.6) is 5.75 Å². The number of nitrogens with zero attached hydrogens (tertiary/aromatic N) is 2. The van der Waals surface area contributed by atoms with E-state index in [4.69, 9.17) is 16.3 Å². The maximum atomic E-state index is 6.04. The molecule has 0 amide bonds. The molecule has 0 aliphatic heterocycles. The summed E-state index contributed by atoms with van der Waals surface area (Å²) in [5.74, 6) is 7.12. The number of aromatic nitrogens is 2. The molecule has 1 unspecified atom stereocenters. The van der Waals surface area contributed by atoms with Crippen LogP contribution in [0.1, 0.15) is 28.3 Å². The smallest absolute Gasteiger partial charge is 0.127 e. The summed E-state index contributed by atoms with van der Waals surface area (Å²) in [7, 11) is 3.45. The number of hydrazine groups is 1. The van der Waals surface area contributed by atoms with Gasteiger partial charge in [0.15, 0.2) is 0 Å². The number of ether oxygens (including phenoxy) is 1. The molecule has 6 heteroatoms. The lowest BCUT2D eigenvalue weighted by Gasteiger charge is -2.21. The molecular weight excluding hydrogens is 254 g/mol. The minimum Gasteiger partial charge on any atom is -0.496 e. The lowest BCUT2D eigenvalue weighted by atomic mass is 9.96. The van der Waals surface area contributed by atoms with Crippen LogP contribution in [-0.4, -0.2) is 16.9 Å². The Balaban J connectivity index is 2.58. The Morgan fingerprint density at radius 3 is 2.50 bits per heavy atom. The molecule has 0 fully saturated rings. The summed E-state index contributed by atoms with van der Waals surface area (Å²) in [6.45, 7) is 4.07. The topological polar surface area (TPSA) is 91.1 Å². The van der Waals surface area contributed by atoms with E-state index in [9.17, 15) is 0 Å². The molecule has 20 heavy (non-hydrogen) atoms. The van der Waals surface area contributed by atoms with Gasteiger partial charge in [-0.3, -0.25) is 10.5 Å². The average Bonchev–Trinajstić information content (AvgIpc) is 2.76. The van der Waals surface area contributed by atoms with E-state index in [2.05, 4.69) is 10.5 Å². The molecule has 1 heterocycles. The van der Waals surface area contributed by atoms with E-state index < -0.39 is 0 Å². The number of hydrogen-bond acceptors (Lipinski definition) is 5. The van der Waals surface area contributed by atoms with Crippen LogP contribution in [-0.2, 0) is 7.05 Å². The number of nitrogens with two attached hydrogens (primary N) is 2. The van der Waals surface area contributed by atoms with E-state index in [1.807, 2.05) is 26.0 Å². The molecule has 0 saturated carbocycles. The zero-order chi connectivity index (χ0) is 14.9. The number of benzene rings is 1. The first-order chi connectivity index (χ1) is 9.51. The van der Waals surface area contributed by atoms with Crippen LogP contribution in [0.2, 0.25) is 0 Å². The number of hydrogen-bond donors (Lipinski definition) is 3. The van der Waals surface area contributed by atoms with Gasteiger partial charge in [-0.25, -0.2) is 5.43 Å². The Kier molecular flexibility index (Phi) is 3.96. The molecule has 108 valence electrons. The second-order valence-electron chi connectivity index (χ2n) is 4.84. The molecule has 0 spiro atoms. The molecule has 1 aromatic heterocycles. The minimum atomic E-state index is -0.266. The fourth-order valence-corrected chi connectivity index (χ4v) is 2.34. The predicted octanol–water partition coefficient (Wildman–Crippen LogP) is 1.18. The first-order valence-corrected chi connectivity index (χ1v) is 6.38. The van der Waals surface area contributed by atoms with Crippen molar-refractivity contribution in [3.05, 3.63) is 40.6 Å². The molecule has 0 bridgehead atoms. The highest BCUT2D eigenvalue weighted by atomic mass is 16.5. The van der Waals surface area contributed by atoms with Crippen molar-refractivity contribution in [1.29, 1.82) is 0 Å². The Morgan fingerprint density at radius 1 is 1.30 bits per heavy atom. The molecule has 6 nitrogen and oxygen atoms in total. The summed E-state index contributed by atoms with van der Waals surface area (Å²) in [5.41, 5.74) is 12.9. The first-order valence-electron chi connectivity index (χ1n) is 6.38. The summed E-state index contributed by atoms with van der Waals surface area (Å²) in [5, 5.41) is 4.16. The monoisotopic (exact) mass is 275 g/mol. The van der Waals surface area contributed by atoms with Gasteiger partial charge in [0.1, 0.15) is 11.6 Å². The Morgan fingerprint density at radius 2 is 2.00 bits per heavy atom. The van der Waals surface area contributed by atoms with Crippen molar-refractivity contribution in [3.63, 3.8) is 0 Å². The third-order valence-corrected chi connectivity index (χ3v) is 3.71. The lowest BCUT2D eigenvalue weighted by Crippen LogP contribution is -2.29. The number of nitrogens with one attached hydrogen (secondary N) is 1. The normalized spacial score (nSPS) is 12.4. The fourth-order valence-electron chi connectivity index (χ4n) is 2.34. The molecule has 5 N–H and O–H groups in total. The van der Waals surface area contributed by atoms with Crippen molar-refractivity contribution in [3.8, 4) is 5.75 Å². The zero-order valence-electron chi connectivity index (χ0n) is 12.3. The summed E-state index contributed by atoms with van der Waals surface area (Å²) in [6.07, 6.45) is 1.72. The molecule has 1 atom stereocenters. The van der Waals surface area contributed by atoms with E-state index in [0.717, 1.165) is 22.4 Å². The van der Waals surface area contributed by atoms with Gasteiger partial charge in [-0.05, 0) is 25.0 Å². The standard InChI is InChI=1S/C14H21N5O/c1-8-5-6-10(13(20-4)9(8)2)12(18-16)11-7-17-19(3)14(11)15/h5-7,12,18H,15-16H2,1-4H3. The summed E-state index contributed by atoms with van der Waals surface area (Å²) >= 11 is 0. The Labute approximate surface area is 118 Å². The van der Waals surface area contributed by atoms with Gasteiger partial charge in [-0.15, -0.1) is 0 Å². The molecule has 0 saturated heterocycles. The van der Waals surface area contributed by atoms with Crippen molar-refractivity contribution in [2.75, 3.05) is 12.8 Å². The average molecular weight is 275 g/mol. The van der Waals surface area contributed by atoms with Crippen LogP contribution in [0, 0.1) is 13.8 Å². The van der Waals surface area contributed by atoms with E-state index in [0.29, 0.717) is 5.82 Å². The molecular formula is C14H21N5O. The number of aryl methyl sites for hydroxylation is 2.